The second-order valence-corrected chi connectivity index (χ2v) is 5.38. The largest absolute Gasteiger partial charge is 0.399 e. The molecule has 1 heterocycles. The summed E-state index contributed by atoms with van der Waals surface area (Å²) in [5.74, 6) is -0.479. The normalized spacial score (nSPS) is 10.9. The van der Waals surface area contributed by atoms with Gasteiger partial charge in [-0.1, -0.05) is 23.2 Å². The number of fused-ring (bicyclic) bond motifs is 1. The summed E-state index contributed by atoms with van der Waals surface area (Å²) in [5, 5.41) is 3.65. The third-order valence-corrected chi connectivity index (χ3v) is 3.81. The topological polar surface area (TPSA) is 63.8 Å². The molecule has 2 aromatic carbocycles. The van der Waals surface area contributed by atoms with Crippen molar-refractivity contribution in [2.24, 2.45) is 0 Å². The van der Waals surface area contributed by atoms with Crippen molar-refractivity contribution in [2.45, 2.75) is 0 Å². The zero-order chi connectivity index (χ0) is 14.3. The predicted octanol–water partition coefficient (Wildman–Crippen LogP) is 4.46. The second kappa shape index (κ2) is 5.05. The van der Waals surface area contributed by atoms with Gasteiger partial charge in [-0.25, -0.2) is 4.39 Å². The van der Waals surface area contributed by atoms with E-state index in [4.69, 9.17) is 28.9 Å². The van der Waals surface area contributed by atoms with Crippen molar-refractivity contribution >= 4 is 63.0 Å². The van der Waals surface area contributed by atoms with Crippen LogP contribution in [0.3, 0.4) is 0 Å². The molecule has 8 heteroatoms. The Balaban J connectivity index is 2.13. The van der Waals surface area contributed by atoms with Gasteiger partial charge in [0.25, 0.3) is 0 Å². The van der Waals surface area contributed by atoms with E-state index in [0.29, 0.717) is 32.5 Å². The Hall–Kier alpha value is -1.63. The molecule has 0 spiro atoms. The lowest BCUT2D eigenvalue weighted by Gasteiger charge is -2.10. The van der Waals surface area contributed by atoms with E-state index < -0.39 is 5.82 Å². The van der Waals surface area contributed by atoms with Crippen molar-refractivity contribution in [1.29, 1.82) is 0 Å². The van der Waals surface area contributed by atoms with Crippen molar-refractivity contribution in [2.75, 3.05) is 11.1 Å². The highest BCUT2D eigenvalue weighted by molar-refractivity contribution is 7.00. The fraction of sp³-hybridized carbons (Fsp3) is 0. The van der Waals surface area contributed by atoms with Crippen LogP contribution in [0.2, 0.25) is 10.0 Å². The summed E-state index contributed by atoms with van der Waals surface area (Å²) in [6.07, 6.45) is 0. The van der Waals surface area contributed by atoms with Gasteiger partial charge in [0.2, 0.25) is 0 Å². The third kappa shape index (κ3) is 2.26. The fourth-order valence-electron chi connectivity index (χ4n) is 1.76. The molecule has 0 radical (unpaired) electrons. The Labute approximate surface area is 127 Å². The van der Waals surface area contributed by atoms with E-state index in [0.717, 1.165) is 11.7 Å². The quantitative estimate of drug-likeness (QED) is 0.681. The summed E-state index contributed by atoms with van der Waals surface area (Å²) in [6.45, 7) is 0. The average Bonchev–Trinajstić information content (AvgIpc) is 2.86. The maximum absolute atomic E-state index is 13.8. The van der Waals surface area contributed by atoms with Crippen LogP contribution in [-0.4, -0.2) is 8.75 Å². The van der Waals surface area contributed by atoms with E-state index in [1.807, 2.05) is 0 Å². The minimum absolute atomic E-state index is 0.248. The van der Waals surface area contributed by atoms with Crippen LogP contribution in [0.5, 0.6) is 0 Å². The van der Waals surface area contributed by atoms with Crippen molar-refractivity contribution in [1.82, 2.24) is 8.75 Å². The van der Waals surface area contributed by atoms with Crippen LogP contribution in [0.4, 0.5) is 21.5 Å². The molecule has 102 valence electrons. The summed E-state index contributed by atoms with van der Waals surface area (Å²) in [5.41, 5.74) is 7.60. The standard InChI is InChI=1S/C12H7Cl2FN4S/c13-6-4-7(14)11-12(19-20-18-11)10(6)17-9-2-1-5(16)3-8(9)15/h1-4,17H,16H2. The molecule has 0 saturated carbocycles. The van der Waals surface area contributed by atoms with E-state index in [1.165, 1.54) is 12.1 Å². The molecule has 0 aliphatic carbocycles. The first-order chi connectivity index (χ1) is 9.56. The number of hydrogen-bond donors (Lipinski definition) is 2. The van der Waals surface area contributed by atoms with Gasteiger partial charge in [-0.3, -0.25) is 0 Å². The zero-order valence-corrected chi connectivity index (χ0v) is 12.2. The molecule has 3 N–H and O–H groups in total. The summed E-state index contributed by atoms with van der Waals surface area (Å²) >= 11 is 13.2. The molecule has 4 nitrogen and oxygen atoms in total. The van der Waals surface area contributed by atoms with Crippen LogP contribution >= 0.6 is 34.9 Å². The summed E-state index contributed by atoms with van der Waals surface area (Å²) in [7, 11) is 0. The van der Waals surface area contributed by atoms with Crippen LogP contribution < -0.4 is 11.1 Å². The number of benzene rings is 2. The number of anilines is 3. The van der Waals surface area contributed by atoms with Gasteiger partial charge in [-0.2, -0.15) is 8.75 Å². The lowest BCUT2D eigenvalue weighted by Crippen LogP contribution is -1.97. The molecule has 0 fully saturated rings. The highest BCUT2D eigenvalue weighted by Crippen LogP contribution is 2.37. The third-order valence-electron chi connectivity index (χ3n) is 2.70. The first kappa shape index (κ1) is 13.4. The van der Waals surface area contributed by atoms with Crippen molar-refractivity contribution in [3.05, 3.63) is 40.1 Å². The van der Waals surface area contributed by atoms with Crippen LogP contribution in [0.15, 0.2) is 24.3 Å². The maximum atomic E-state index is 13.8. The number of nitrogens with two attached hydrogens (primary N) is 1. The molecule has 0 saturated heterocycles. The molecule has 3 rings (SSSR count). The Kier molecular flexibility index (Phi) is 3.37. The molecule has 3 aromatic rings. The molecule has 0 aliphatic heterocycles. The molecular formula is C12H7Cl2FN4S. The lowest BCUT2D eigenvalue weighted by molar-refractivity contribution is 0.632. The Morgan fingerprint density at radius 3 is 2.60 bits per heavy atom. The minimum atomic E-state index is -0.479. The van der Waals surface area contributed by atoms with Crippen LogP contribution in [0.1, 0.15) is 0 Å². The molecule has 0 atom stereocenters. The number of nitrogens with one attached hydrogen (secondary N) is 1. The van der Waals surface area contributed by atoms with Gasteiger partial charge in [0.05, 0.1) is 33.1 Å². The first-order valence-corrected chi connectivity index (χ1v) is 6.97. The molecule has 0 amide bonds. The van der Waals surface area contributed by atoms with Gasteiger partial charge < -0.3 is 11.1 Å². The van der Waals surface area contributed by atoms with Crippen molar-refractivity contribution in [3.8, 4) is 0 Å². The number of aromatic nitrogens is 2. The summed E-state index contributed by atoms with van der Waals surface area (Å²) in [6, 6.07) is 5.89. The Bertz CT molecular complexity index is 805. The van der Waals surface area contributed by atoms with Crippen LogP contribution in [-0.2, 0) is 0 Å². The first-order valence-electron chi connectivity index (χ1n) is 5.48. The molecule has 20 heavy (non-hydrogen) atoms. The lowest BCUT2D eigenvalue weighted by atomic mass is 10.2. The van der Waals surface area contributed by atoms with E-state index >= 15 is 0 Å². The SMILES string of the molecule is Nc1ccc(Nc2c(Cl)cc(Cl)c3nsnc23)c(F)c1. The second-order valence-electron chi connectivity index (χ2n) is 4.04. The van der Waals surface area contributed by atoms with E-state index in [9.17, 15) is 4.39 Å². The number of nitrogens with zero attached hydrogens (tertiary/aromatic N) is 2. The van der Waals surface area contributed by atoms with Crippen LogP contribution in [0.25, 0.3) is 11.0 Å². The Morgan fingerprint density at radius 1 is 1.10 bits per heavy atom. The summed E-state index contributed by atoms with van der Waals surface area (Å²) < 4.78 is 22.0. The van der Waals surface area contributed by atoms with Crippen molar-refractivity contribution in [3.63, 3.8) is 0 Å². The smallest absolute Gasteiger partial charge is 0.148 e. The average molecular weight is 329 g/mol. The molecule has 0 unspecified atom stereocenters. The number of hydrogen-bond acceptors (Lipinski definition) is 5. The minimum Gasteiger partial charge on any atom is -0.399 e. The van der Waals surface area contributed by atoms with Gasteiger partial charge >= 0.3 is 0 Å². The molecule has 0 aliphatic rings. The van der Waals surface area contributed by atoms with Crippen LogP contribution in [0, 0.1) is 5.82 Å². The van der Waals surface area contributed by atoms with Crippen molar-refractivity contribution < 1.29 is 4.39 Å². The zero-order valence-electron chi connectivity index (χ0n) is 9.82. The predicted molar refractivity (Wildman–Crippen MR) is 81.5 cm³/mol. The molecular weight excluding hydrogens is 322 g/mol. The number of halogens is 3. The highest BCUT2D eigenvalue weighted by atomic mass is 35.5. The molecule has 1 aromatic heterocycles. The summed E-state index contributed by atoms with van der Waals surface area (Å²) in [4.78, 5) is 0. The van der Waals surface area contributed by atoms with E-state index in [2.05, 4.69) is 14.1 Å². The monoisotopic (exact) mass is 328 g/mol. The Morgan fingerprint density at radius 2 is 1.85 bits per heavy atom. The van der Waals surface area contributed by atoms with Gasteiger partial charge in [-0.05, 0) is 24.3 Å². The van der Waals surface area contributed by atoms with Gasteiger partial charge in [-0.15, -0.1) is 0 Å². The molecule has 0 bridgehead atoms. The van der Waals surface area contributed by atoms with E-state index in [-0.39, 0.29) is 5.69 Å². The number of nitrogen functional groups attached to an aromatic ring is 1. The van der Waals surface area contributed by atoms with Gasteiger partial charge in [0, 0.05) is 5.69 Å². The van der Waals surface area contributed by atoms with Gasteiger partial charge in [0.15, 0.2) is 0 Å². The number of rotatable bonds is 2. The van der Waals surface area contributed by atoms with Gasteiger partial charge in [0.1, 0.15) is 16.9 Å². The highest BCUT2D eigenvalue weighted by Gasteiger charge is 2.15. The fourth-order valence-corrected chi connectivity index (χ4v) is 2.92. The van der Waals surface area contributed by atoms with E-state index in [1.54, 1.807) is 12.1 Å². The maximum Gasteiger partial charge on any atom is 0.148 e.